The molecule has 1 atom stereocenters. The van der Waals surface area contributed by atoms with Crippen LogP contribution in [0.5, 0.6) is 0 Å². The fraction of sp³-hybridized carbons (Fsp3) is 0.400. The van der Waals surface area contributed by atoms with E-state index < -0.39 is 0 Å². The van der Waals surface area contributed by atoms with Gasteiger partial charge in [0.05, 0.1) is 6.10 Å². The third-order valence-electron chi connectivity index (χ3n) is 1.68. The predicted molar refractivity (Wildman–Crippen MR) is 57.5 cm³/mol. The van der Waals surface area contributed by atoms with Crippen molar-refractivity contribution in [3.8, 4) is 0 Å². The van der Waals surface area contributed by atoms with Crippen molar-refractivity contribution in [1.82, 2.24) is 5.32 Å². The molecule has 0 unspecified atom stereocenters. The zero-order chi connectivity index (χ0) is 9.68. The van der Waals surface area contributed by atoms with Crippen LogP contribution in [-0.2, 0) is 6.54 Å². The largest absolute Gasteiger partial charge is 0.392 e. The first-order valence-electron chi connectivity index (χ1n) is 4.31. The van der Waals surface area contributed by atoms with Crippen LogP contribution >= 0.6 is 15.9 Å². The Balaban J connectivity index is 2.33. The number of benzene rings is 1. The Morgan fingerprint density at radius 1 is 1.38 bits per heavy atom. The molecule has 1 aromatic rings. The lowest BCUT2D eigenvalue weighted by atomic mass is 10.2. The van der Waals surface area contributed by atoms with Gasteiger partial charge in [-0.3, -0.25) is 0 Å². The summed E-state index contributed by atoms with van der Waals surface area (Å²) >= 11 is 3.38. The van der Waals surface area contributed by atoms with Crippen LogP contribution in [0.3, 0.4) is 0 Å². The summed E-state index contributed by atoms with van der Waals surface area (Å²) in [5.41, 5.74) is 1.23. The maximum Gasteiger partial charge on any atom is 0.0636 e. The normalized spacial score (nSPS) is 12.8. The highest BCUT2D eigenvalue weighted by Crippen LogP contribution is 2.09. The van der Waals surface area contributed by atoms with E-state index in [1.807, 2.05) is 12.1 Å². The van der Waals surface area contributed by atoms with Gasteiger partial charge < -0.3 is 10.4 Å². The summed E-state index contributed by atoms with van der Waals surface area (Å²) in [5, 5.41) is 12.2. The summed E-state index contributed by atoms with van der Waals surface area (Å²) < 4.78 is 1.09. The van der Waals surface area contributed by atoms with Gasteiger partial charge in [-0.05, 0) is 24.6 Å². The number of hydrogen-bond donors (Lipinski definition) is 2. The number of hydrogen-bond acceptors (Lipinski definition) is 2. The van der Waals surface area contributed by atoms with E-state index in [1.165, 1.54) is 5.56 Å². The van der Waals surface area contributed by atoms with E-state index in [1.54, 1.807) is 6.92 Å². The molecule has 0 saturated carbocycles. The van der Waals surface area contributed by atoms with E-state index in [0.29, 0.717) is 6.54 Å². The first-order valence-corrected chi connectivity index (χ1v) is 5.11. The van der Waals surface area contributed by atoms with Crippen molar-refractivity contribution in [3.05, 3.63) is 34.3 Å². The molecule has 72 valence electrons. The minimum atomic E-state index is -0.282. The van der Waals surface area contributed by atoms with Gasteiger partial charge in [-0.25, -0.2) is 0 Å². The minimum Gasteiger partial charge on any atom is -0.392 e. The van der Waals surface area contributed by atoms with Gasteiger partial charge in [0.2, 0.25) is 0 Å². The van der Waals surface area contributed by atoms with E-state index in [-0.39, 0.29) is 6.10 Å². The zero-order valence-corrected chi connectivity index (χ0v) is 9.21. The van der Waals surface area contributed by atoms with Crippen molar-refractivity contribution in [2.75, 3.05) is 6.54 Å². The lowest BCUT2D eigenvalue weighted by Crippen LogP contribution is -2.23. The number of halogens is 1. The lowest BCUT2D eigenvalue weighted by molar-refractivity contribution is 0.191. The third-order valence-corrected chi connectivity index (χ3v) is 2.21. The second-order valence-corrected chi connectivity index (χ2v) is 4.02. The quantitative estimate of drug-likeness (QED) is 0.848. The monoisotopic (exact) mass is 243 g/mol. The molecule has 0 heterocycles. The number of rotatable bonds is 4. The number of aliphatic hydroxyl groups is 1. The predicted octanol–water partition coefficient (Wildman–Crippen LogP) is 1.92. The fourth-order valence-corrected chi connectivity index (χ4v) is 1.29. The lowest BCUT2D eigenvalue weighted by Gasteiger charge is -2.06. The zero-order valence-electron chi connectivity index (χ0n) is 7.63. The van der Waals surface area contributed by atoms with Crippen LogP contribution in [0.1, 0.15) is 12.5 Å². The van der Waals surface area contributed by atoms with Crippen molar-refractivity contribution < 1.29 is 5.11 Å². The summed E-state index contributed by atoms with van der Waals surface area (Å²) in [7, 11) is 0. The Morgan fingerprint density at radius 2 is 2.00 bits per heavy atom. The Morgan fingerprint density at radius 3 is 2.54 bits per heavy atom. The van der Waals surface area contributed by atoms with Crippen LogP contribution in [0.15, 0.2) is 28.7 Å². The van der Waals surface area contributed by atoms with Crippen LogP contribution in [0.2, 0.25) is 0 Å². The fourth-order valence-electron chi connectivity index (χ4n) is 1.03. The Labute approximate surface area is 87.1 Å². The van der Waals surface area contributed by atoms with Crippen LogP contribution in [0, 0.1) is 0 Å². The van der Waals surface area contributed by atoms with Gasteiger partial charge >= 0.3 is 0 Å². The molecule has 1 aromatic carbocycles. The molecule has 1 rings (SSSR count). The molecular weight excluding hydrogens is 230 g/mol. The molecule has 0 aliphatic carbocycles. The number of nitrogens with one attached hydrogen (secondary N) is 1. The van der Waals surface area contributed by atoms with Crippen molar-refractivity contribution in [1.29, 1.82) is 0 Å². The molecule has 0 amide bonds. The Bertz CT molecular complexity index is 246. The summed E-state index contributed by atoms with van der Waals surface area (Å²) in [5.74, 6) is 0. The molecule has 0 aromatic heterocycles. The summed E-state index contributed by atoms with van der Waals surface area (Å²) in [6.45, 7) is 3.21. The van der Waals surface area contributed by atoms with E-state index in [4.69, 9.17) is 5.11 Å². The van der Waals surface area contributed by atoms with Crippen LogP contribution < -0.4 is 5.32 Å². The minimum absolute atomic E-state index is 0.282. The Kier molecular flexibility index (Phi) is 4.42. The van der Waals surface area contributed by atoms with Gasteiger partial charge in [-0.15, -0.1) is 0 Å². The van der Waals surface area contributed by atoms with E-state index in [0.717, 1.165) is 11.0 Å². The Hall–Kier alpha value is -0.380. The smallest absolute Gasteiger partial charge is 0.0636 e. The third kappa shape index (κ3) is 4.41. The van der Waals surface area contributed by atoms with E-state index >= 15 is 0 Å². The maximum atomic E-state index is 9.00. The van der Waals surface area contributed by atoms with Gasteiger partial charge in [-0.1, -0.05) is 28.1 Å². The first-order chi connectivity index (χ1) is 6.18. The molecule has 2 nitrogen and oxygen atoms in total. The molecule has 13 heavy (non-hydrogen) atoms. The van der Waals surface area contributed by atoms with E-state index in [2.05, 4.69) is 33.4 Å². The average Bonchev–Trinajstić information content (AvgIpc) is 2.08. The van der Waals surface area contributed by atoms with Crippen molar-refractivity contribution >= 4 is 15.9 Å². The van der Waals surface area contributed by atoms with Crippen LogP contribution in [0.25, 0.3) is 0 Å². The molecular formula is C10H14BrNO. The molecule has 0 radical (unpaired) electrons. The van der Waals surface area contributed by atoms with E-state index in [9.17, 15) is 0 Å². The standard InChI is InChI=1S/C10H14BrNO/c1-8(13)6-12-7-9-2-4-10(11)5-3-9/h2-5,8,12-13H,6-7H2,1H3/t8-/m1/s1. The highest BCUT2D eigenvalue weighted by atomic mass is 79.9. The van der Waals surface area contributed by atoms with Crippen LogP contribution in [-0.4, -0.2) is 17.8 Å². The molecule has 0 bridgehead atoms. The summed E-state index contributed by atoms with van der Waals surface area (Å²) in [4.78, 5) is 0. The molecule has 2 N–H and O–H groups in total. The van der Waals surface area contributed by atoms with Gasteiger partial charge in [0.15, 0.2) is 0 Å². The first kappa shape index (κ1) is 10.7. The van der Waals surface area contributed by atoms with Crippen LogP contribution in [0.4, 0.5) is 0 Å². The maximum absolute atomic E-state index is 9.00. The second-order valence-electron chi connectivity index (χ2n) is 3.11. The van der Waals surface area contributed by atoms with Crippen molar-refractivity contribution in [2.24, 2.45) is 0 Å². The number of aliphatic hydroxyl groups excluding tert-OH is 1. The van der Waals surface area contributed by atoms with Crippen molar-refractivity contribution in [2.45, 2.75) is 19.6 Å². The highest BCUT2D eigenvalue weighted by Gasteiger charge is 1.95. The van der Waals surface area contributed by atoms with Gasteiger partial charge in [0, 0.05) is 17.6 Å². The average molecular weight is 244 g/mol. The topological polar surface area (TPSA) is 32.3 Å². The second kappa shape index (κ2) is 5.37. The van der Waals surface area contributed by atoms with Gasteiger partial charge in [0.25, 0.3) is 0 Å². The molecule has 0 saturated heterocycles. The molecule has 3 heteroatoms. The van der Waals surface area contributed by atoms with Gasteiger partial charge in [0.1, 0.15) is 0 Å². The molecule has 0 aliphatic rings. The summed E-state index contributed by atoms with van der Waals surface area (Å²) in [6.07, 6.45) is -0.282. The SMILES string of the molecule is C[C@@H](O)CNCc1ccc(Br)cc1. The molecule has 0 aliphatic heterocycles. The van der Waals surface area contributed by atoms with Gasteiger partial charge in [-0.2, -0.15) is 0 Å². The molecule has 0 spiro atoms. The van der Waals surface area contributed by atoms with Crippen molar-refractivity contribution in [3.63, 3.8) is 0 Å². The molecule has 0 fully saturated rings. The highest BCUT2D eigenvalue weighted by molar-refractivity contribution is 9.10. The summed E-state index contributed by atoms with van der Waals surface area (Å²) in [6, 6.07) is 8.14.